The second-order valence-electron chi connectivity index (χ2n) is 6.79. The summed E-state index contributed by atoms with van der Waals surface area (Å²) in [6.45, 7) is 3.03. The van der Waals surface area contributed by atoms with Crippen molar-refractivity contribution in [2.45, 2.75) is 13.8 Å². The van der Waals surface area contributed by atoms with Crippen molar-refractivity contribution in [1.29, 1.82) is 0 Å². The zero-order valence-corrected chi connectivity index (χ0v) is 16.6. The summed E-state index contributed by atoms with van der Waals surface area (Å²) in [5, 5.41) is 16.2. The molecule has 9 nitrogen and oxygen atoms in total. The number of nitro benzene ring substituents is 1. The number of fused-ring (bicyclic) bond motifs is 1. The molecule has 0 aliphatic carbocycles. The quantitative estimate of drug-likeness (QED) is 0.160. The lowest BCUT2D eigenvalue weighted by Gasteiger charge is -2.08. The van der Waals surface area contributed by atoms with Crippen molar-refractivity contribution in [3.05, 3.63) is 87.7 Å². The molecular formula is C22H16N4O5. The maximum absolute atomic E-state index is 13.1. The number of rotatable bonds is 5. The van der Waals surface area contributed by atoms with Gasteiger partial charge < -0.3 is 4.74 Å². The van der Waals surface area contributed by atoms with Gasteiger partial charge in [0.25, 0.3) is 5.69 Å². The highest BCUT2D eigenvalue weighted by Gasteiger charge is 2.19. The van der Waals surface area contributed by atoms with E-state index in [2.05, 4.69) is 10.1 Å². The van der Waals surface area contributed by atoms with E-state index in [9.17, 15) is 19.7 Å². The van der Waals surface area contributed by atoms with Gasteiger partial charge in [-0.1, -0.05) is 18.2 Å². The third kappa shape index (κ3) is 3.76. The molecule has 0 spiro atoms. The first-order valence-electron chi connectivity index (χ1n) is 9.27. The largest absolute Gasteiger partial charge is 0.426 e. The molecule has 0 saturated heterocycles. The molecule has 0 saturated carbocycles. The van der Waals surface area contributed by atoms with Crippen LogP contribution < -0.4 is 4.74 Å². The summed E-state index contributed by atoms with van der Waals surface area (Å²) >= 11 is 0. The zero-order valence-electron chi connectivity index (χ0n) is 16.6. The standard InChI is InChI=1S/C22H16N4O5/c1-13-19-10-15(21(28)18-8-3-4-9-20(18)31-14(2)27)12-23-22(19)25(24-13)16-6-5-7-17(11-16)26(29)30/h3-12H,1-2H3. The molecule has 0 atom stereocenters. The fraction of sp³-hybridized carbons (Fsp3) is 0.0909. The van der Waals surface area contributed by atoms with Gasteiger partial charge in [-0.2, -0.15) is 5.10 Å². The number of hydrogen-bond donors (Lipinski definition) is 0. The third-order valence-electron chi connectivity index (χ3n) is 4.64. The van der Waals surface area contributed by atoms with Gasteiger partial charge in [0.1, 0.15) is 5.75 Å². The Morgan fingerprint density at radius 2 is 1.87 bits per heavy atom. The van der Waals surface area contributed by atoms with Crippen LogP contribution in [0.15, 0.2) is 60.8 Å². The molecule has 0 aliphatic rings. The number of hydrogen-bond acceptors (Lipinski definition) is 7. The first-order chi connectivity index (χ1) is 14.8. The fourth-order valence-electron chi connectivity index (χ4n) is 3.24. The van der Waals surface area contributed by atoms with Gasteiger partial charge in [0.2, 0.25) is 0 Å². The molecule has 4 rings (SSSR count). The minimum atomic E-state index is -0.525. The summed E-state index contributed by atoms with van der Waals surface area (Å²) in [5.41, 5.74) is 2.03. The van der Waals surface area contributed by atoms with Gasteiger partial charge in [-0.15, -0.1) is 0 Å². The maximum atomic E-state index is 13.1. The predicted molar refractivity (Wildman–Crippen MR) is 111 cm³/mol. The molecule has 0 aliphatic heterocycles. The number of nitrogens with zero attached hydrogens (tertiary/aromatic N) is 4. The molecule has 9 heteroatoms. The van der Waals surface area contributed by atoms with E-state index in [4.69, 9.17) is 4.74 Å². The molecule has 2 aromatic carbocycles. The van der Waals surface area contributed by atoms with E-state index in [1.807, 2.05) is 0 Å². The smallest absolute Gasteiger partial charge is 0.308 e. The van der Waals surface area contributed by atoms with Crippen molar-refractivity contribution in [3.63, 3.8) is 0 Å². The van der Waals surface area contributed by atoms with Gasteiger partial charge in [0, 0.05) is 36.2 Å². The number of carbonyl (C=O) groups excluding carboxylic acids is 2. The number of pyridine rings is 1. The van der Waals surface area contributed by atoms with Crippen molar-refractivity contribution in [2.24, 2.45) is 0 Å². The summed E-state index contributed by atoms with van der Waals surface area (Å²) in [7, 11) is 0. The number of benzene rings is 2. The highest BCUT2D eigenvalue weighted by Crippen LogP contribution is 2.26. The Bertz CT molecular complexity index is 1360. The van der Waals surface area contributed by atoms with E-state index >= 15 is 0 Å². The first kappa shape index (κ1) is 19.9. The average molecular weight is 416 g/mol. The van der Waals surface area contributed by atoms with E-state index < -0.39 is 10.9 Å². The molecule has 0 N–H and O–H groups in total. The Hall–Kier alpha value is -4.40. The molecular weight excluding hydrogens is 400 g/mol. The summed E-state index contributed by atoms with van der Waals surface area (Å²) in [6, 6.07) is 14.2. The van der Waals surface area contributed by atoms with Crippen LogP contribution in [-0.4, -0.2) is 31.4 Å². The number of esters is 1. The Morgan fingerprint density at radius 3 is 2.61 bits per heavy atom. The number of carbonyl (C=O) groups is 2. The molecule has 0 unspecified atom stereocenters. The van der Waals surface area contributed by atoms with Gasteiger partial charge in [-0.3, -0.25) is 19.7 Å². The lowest BCUT2D eigenvalue weighted by Crippen LogP contribution is -2.09. The molecule has 2 heterocycles. The molecule has 0 amide bonds. The molecule has 0 bridgehead atoms. The van der Waals surface area contributed by atoms with Crippen LogP contribution in [0.25, 0.3) is 16.7 Å². The molecule has 0 radical (unpaired) electrons. The molecule has 0 fully saturated rings. The van der Waals surface area contributed by atoms with Crippen LogP contribution >= 0.6 is 0 Å². The second-order valence-corrected chi connectivity index (χ2v) is 6.79. The number of aryl methyl sites for hydroxylation is 1. The second kappa shape index (κ2) is 7.79. The predicted octanol–water partition coefficient (Wildman–Crippen LogP) is 3.79. The molecule has 31 heavy (non-hydrogen) atoms. The van der Waals surface area contributed by atoms with Crippen LogP contribution in [0.5, 0.6) is 5.75 Å². The van der Waals surface area contributed by atoms with Gasteiger partial charge in [0.05, 0.1) is 21.9 Å². The Balaban J connectivity index is 1.78. The van der Waals surface area contributed by atoms with Crippen molar-refractivity contribution < 1.29 is 19.2 Å². The summed E-state index contributed by atoms with van der Waals surface area (Å²) in [5.74, 6) is -0.708. The highest BCUT2D eigenvalue weighted by atomic mass is 16.6. The fourth-order valence-corrected chi connectivity index (χ4v) is 3.24. The average Bonchev–Trinajstić information content (AvgIpc) is 3.09. The van der Waals surface area contributed by atoms with E-state index in [-0.39, 0.29) is 22.8 Å². The van der Waals surface area contributed by atoms with Crippen molar-refractivity contribution >= 4 is 28.5 Å². The van der Waals surface area contributed by atoms with E-state index in [1.54, 1.807) is 49.4 Å². The van der Waals surface area contributed by atoms with Crippen LogP contribution in [0, 0.1) is 17.0 Å². The number of para-hydroxylation sites is 1. The topological polar surface area (TPSA) is 117 Å². The van der Waals surface area contributed by atoms with Gasteiger partial charge >= 0.3 is 5.97 Å². The summed E-state index contributed by atoms with van der Waals surface area (Å²) < 4.78 is 6.64. The van der Waals surface area contributed by atoms with E-state index in [0.717, 1.165) is 0 Å². The van der Waals surface area contributed by atoms with Crippen LogP contribution in [0.4, 0.5) is 5.69 Å². The first-order valence-corrected chi connectivity index (χ1v) is 9.27. The van der Waals surface area contributed by atoms with Crippen molar-refractivity contribution in [1.82, 2.24) is 14.8 Å². The monoisotopic (exact) mass is 416 g/mol. The van der Waals surface area contributed by atoms with Crippen LogP contribution in [0.2, 0.25) is 0 Å². The van der Waals surface area contributed by atoms with E-state index in [0.29, 0.717) is 28.0 Å². The SMILES string of the molecule is CC(=O)Oc1ccccc1C(=O)c1cnc2c(c1)c(C)nn2-c1cccc([N+](=O)[O-])c1. The van der Waals surface area contributed by atoms with E-state index in [1.165, 1.54) is 29.9 Å². The molecule has 4 aromatic rings. The van der Waals surface area contributed by atoms with Crippen LogP contribution in [0.3, 0.4) is 0 Å². The van der Waals surface area contributed by atoms with Gasteiger partial charge in [-0.05, 0) is 31.2 Å². The van der Waals surface area contributed by atoms with Crippen LogP contribution in [0.1, 0.15) is 28.5 Å². The Morgan fingerprint density at radius 1 is 1.10 bits per heavy atom. The summed E-state index contributed by atoms with van der Waals surface area (Å²) in [4.78, 5) is 39.4. The Kier molecular flexibility index (Phi) is 5.00. The third-order valence-corrected chi connectivity index (χ3v) is 4.64. The van der Waals surface area contributed by atoms with Gasteiger partial charge in [-0.25, -0.2) is 9.67 Å². The minimum Gasteiger partial charge on any atom is -0.426 e. The molecule has 154 valence electrons. The lowest BCUT2D eigenvalue weighted by atomic mass is 10.0. The lowest BCUT2D eigenvalue weighted by molar-refractivity contribution is -0.384. The maximum Gasteiger partial charge on any atom is 0.308 e. The highest BCUT2D eigenvalue weighted by molar-refractivity contribution is 6.12. The summed E-state index contributed by atoms with van der Waals surface area (Å²) in [6.07, 6.45) is 1.41. The number of ether oxygens (including phenoxy) is 1. The number of non-ortho nitro benzene ring substituents is 1. The Labute approximate surface area is 176 Å². The number of aromatic nitrogens is 3. The minimum absolute atomic E-state index is 0.0623. The van der Waals surface area contributed by atoms with Crippen molar-refractivity contribution in [3.8, 4) is 11.4 Å². The zero-order chi connectivity index (χ0) is 22.1. The van der Waals surface area contributed by atoms with Gasteiger partial charge in [0.15, 0.2) is 11.4 Å². The van der Waals surface area contributed by atoms with Crippen molar-refractivity contribution in [2.75, 3.05) is 0 Å². The number of nitro groups is 1. The number of ketones is 1. The normalized spacial score (nSPS) is 10.8. The van der Waals surface area contributed by atoms with Crippen LogP contribution in [-0.2, 0) is 4.79 Å². The molecule has 2 aromatic heterocycles.